The molecule has 1 nitrogen and oxygen atoms in total. The lowest BCUT2D eigenvalue weighted by Crippen LogP contribution is -2.23. The van der Waals surface area contributed by atoms with Crippen LogP contribution in [0.2, 0.25) is 0 Å². The summed E-state index contributed by atoms with van der Waals surface area (Å²) in [5, 5.41) is 0. The highest BCUT2D eigenvalue weighted by molar-refractivity contribution is 5.85. The van der Waals surface area contributed by atoms with Crippen LogP contribution in [0.15, 0.2) is 24.3 Å². The predicted molar refractivity (Wildman–Crippen MR) is 72.2 cm³/mol. The molecule has 0 aromatic heterocycles. The van der Waals surface area contributed by atoms with Gasteiger partial charge in [0.05, 0.1) is 5.56 Å². The van der Waals surface area contributed by atoms with Crippen LogP contribution in [-0.4, -0.2) is 0 Å². The van der Waals surface area contributed by atoms with Crippen molar-refractivity contribution in [3.8, 4) is 0 Å². The molecule has 1 atom stereocenters. The second-order valence-corrected chi connectivity index (χ2v) is 5.04. The summed E-state index contributed by atoms with van der Waals surface area (Å²) in [6.07, 6.45) is 1.51. The highest BCUT2D eigenvalue weighted by atomic mass is 35.5. The summed E-state index contributed by atoms with van der Waals surface area (Å²) in [4.78, 5) is 0. The van der Waals surface area contributed by atoms with Gasteiger partial charge in [-0.2, -0.15) is 13.2 Å². The molecular formula is C14H19ClF3N. The quantitative estimate of drug-likeness (QED) is 0.840. The lowest BCUT2D eigenvalue weighted by molar-refractivity contribution is -0.137. The molecule has 2 N–H and O–H groups in total. The van der Waals surface area contributed by atoms with E-state index in [2.05, 4.69) is 0 Å². The van der Waals surface area contributed by atoms with E-state index in [4.69, 9.17) is 5.73 Å². The van der Waals surface area contributed by atoms with E-state index in [0.29, 0.717) is 5.92 Å². The van der Waals surface area contributed by atoms with Crippen LogP contribution in [0.1, 0.15) is 49.3 Å². The van der Waals surface area contributed by atoms with Crippen molar-refractivity contribution in [3.63, 3.8) is 0 Å². The van der Waals surface area contributed by atoms with Gasteiger partial charge in [0.1, 0.15) is 0 Å². The van der Waals surface area contributed by atoms with Crippen LogP contribution in [-0.2, 0) is 6.18 Å². The van der Waals surface area contributed by atoms with Gasteiger partial charge in [0.25, 0.3) is 0 Å². The summed E-state index contributed by atoms with van der Waals surface area (Å²) >= 11 is 0. The molecule has 0 bridgehead atoms. The number of halogens is 4. The van der Waals surface area contributed by atoms with E-state index >= 15 is 0 Å². The van der Waals surface area contributed by atoms with Crippen LogP contribution in [0.25, 0.3) is 0 Å². The highest BCUT2D eigenvalue weighted by Gasteiger charge is 2.30. The Kier molecular flexibility index (Phi) is 5.68. The molecule has 0 aliphatic heterocycles. The van der Waals surface area contributed by atoms with E-state index in [9.17, 15) is 13.2 Å². The fourth-order valence-electron chi connectivity index (χ4n) is 2.66. The fraction of sp³-hybridized carbons (Fsp3) is 0.571. The largest absolute Gasteiger partial charge is 0.416 e. The molecule has 0 amide bonds. The van der Waals surface area contributed by atoms with Crippen molar-refractivity contribution < 1.29 is 13.2 Å². The Bertz CT molecular complexity index is 383. The maximum Gasteiger partial charge on any atom is 0.416 e. The summed E-state index contributed by atoms with van der Waals surface area (Å²) < 4.78 is 37.3. The van der Waals surface area contributed by atoms with Crippen LogP contribution in [0.3, 0.4) is 0 Å². The van der Waals surface area contributed by atoms with Gasteiger partial charge in [-0.25, -0.2) is 0 Å². The average molecular weight is 294 g/mol. The Morgan fingerprint density at radius 1 is 1.00 bits per heavy atom. The van der Waals surface area contributed by atoms with Crippen molar-refractivity contribution in [1.29, 1.82) is 0 Å². The average Bonchev–Trinajstić information content (AvgIpc) is 2.38. The molecule has 5 heteroatoms. The topological polar surface area (TPSA) is 26.0 Å². The molecule has 1 aliphatic carbocycles. The number of nitrogens with two attached hydrogens (primary N) is 1. The first-order valence-electron chi connectivity index (χ1n) is 6.41. The van der Waals surface area contributed by atoms with Crippen LogP contribution < -0.4 is 5.73 Å². The smallest absolute Gasteiger partial charge is 0.324 e. The zero-order valence-electron chi connectivity index (χ0n) is 10.6. The summed E-state index contributed by atoms with van der Waals surface area (Å²) in [5.74, 6) is 0.412. The van der Waals surface area contributed by atoms with Gasteiger partial charge in [0, 0.05) is 6.04 Å². The van der Waals surface area contributed by atoms with Crippen LogP contribution >= 0.6 is 12.4 Å². The SMILES string of the molecule is Cl.N[C@@H](c1ccc(C(F)(F)F)cc1)C1CCCCC1. The molecule has 1 fully saturated rings. The molecule has 0 spiro atoms. The molecule has 0 unspecified atom stereocenters. The van der Waals surface area contributed by atoms with Crippen LogP contribution in [0.5, 0.6) is 0 Å². The first kappa shape index (κ1) is 16.3. The molecule has 19 heavy (non-hydrogen) atoms. The highest BCUT2D eigenvalue weighted by Crippen LogP contribution is 2.34. The third-order valence-corrected chi connectivity index (χ3v) is 3.78. The Hall–Kier alpha value is -0.740. The molecule has 1 aromatic carbocycles. The second kappa shape index (κ2) is 6.62. The van der Waals surface area contributed by atoms with Crippen molar-refractivity contribution in [2.75, 3.05) is 0 Å². The summed E-state index contributed by atoms with van der Waals surface area (Å²) in [7, 11) is 0. The zero-order valence-corrected chi connectivity index (χ0v) is 11.4. The Labute approximate surface area is 117 Å². The van der Waals surface area contributed by atoms with Crippen LogP contribution in [0, 0.1) is 5.92 Å². The Morgan fingerprint density at radius 3 is 2.00 bits per heavy atom. The van der Waals surface area contributed by atoms with E-state index in [0.717, 1.165) is 30.5 Å². The van der Waals surface area contributed by atoms with E-state index in [1.807, 2.05) is 0 Å². The van der Waals surface area contributed by atoms with Crippen LogP contribution in [0.4, 0.5) is 13.2 Å². The lowest BCUT2D eigenvalue weighted by Gasteiger charge is -2.27. The van der Waals surface area contributed by atoms with Crippen molar-refractivity contribution in [2.45, 2.75) is 44.3 Å². The van der Waals surface area contributed by atoms with Crippen molar-refractivity contribution in [1.82, 2.24) is 0 Å². The summed E-state index contributed by atoms with van der Waals surface area (Å²) in [5.41, 5.74) is 6.35. The molecule has 2 rings (SSSR count). The molecule has 1 aromatic rings. The molecule has 0 saturated heterocycles. The molecule has 1 aliphatic rings. The van der Waals surface area contributed by atoms with Crippen molar-refractivity contribution in [2.24, 2.45) is 11.7 Å². The molecular weight excluding hydrogens is 275 g/mol. The number of hydrogen-bond acceptors (Lipinski definition) is 1. The van der Waals surface area contributed by atoms with E-state index in [-0.39, 0.29) is 18.4 Å². The third-order valence-electron chi connectivity index (χ3n) is 3.78. The van der Waals surface area contributed by atoms with E-state index < -0.39 is 11.7 Å². The zero-order chi connectivity index (χ0) is 13.2. The van der Waals surface area contributed by atoms with E-state index in [1.165, 1.54) is 31.4 Å². The second-order valence-electron chi connectivity index (χ2n) is 5.04. The van der Waals surface area contributed by atoms with Gasteiger partial charge in [0.15, 0.2) is 0 Å². The Morgan fingerprint density at radius 2 is 1.53 bits per heavy atom. The number of rotatable bonds is 2. The molecule has 0 heterocycles. The van der Waals surface area contributed by atoms with E-state index in [1.54, 1.807) is 0 Å². The van der Waals surface area contributed by atoms with Gasteiger partial charge in [-0.1, -0.05) is 31.4 Å². The van der Waals surface area contributed by atoms with Gasteiger partial charge >= 0.3 is 6.18 Å². The van der Waals surface area contributed by atoms with Gasteiger partial charge < -0.3 is 5.73 Å². The maximum absolute atomic E-state index is 12.4. The Balaban J connectivity index is 0.00000180. The third kappa shape index (κ3) is 4.11. The monoisotopic (exact) mass is 293 g/mol. The maximum atomic E-state index is 12.4. The minimum Gasteiger partial charge on any atom is -0.324 e. The van der Waals surface area contributed by atoms with Crippen molar-refractivity contribution >= 4 is 12.4 Å². The molecule has 1 saturated carbocycles. The lowest BCUT2D eigenvalue weighted by atomic mass is 9.81. The standard InChI is InChI=1S/C14H18F3N.ClH/c15-14(16,17)12-8-6-11(7-9-12)13(18)10-4-2-1-3-5-10;/h6-10,13H,1-5,18H2;1H/t13-;/m1./s1. The fourth-order valence-corrected chi connectivity index (χ4v) is 2.66. The molecule has 0 radical (unpaired) electrons. The first-order chi connectivity index (χ1) is 8.48. The number of hydrogen-bond donors (Lipinski definition) is 1. The van der Waals surface area contributed by atoms with Crippen molar-refractivity contribution in [3.05, 3.63) is 35.4 Å². The van der Waals surface area contributed by atoms with Gasteiger partial charge in [-0.15, -0.1) is 12.4 Å². The first-order valence-corrected chi connectivity index (χ1v) is 6.41. The minimum absolute atomic E-state index is 0. The normalized spacial score (nSPS) is 18.7. The summed E-state index contributed by atoms with van der Waals surface area (Å²) in [6.45, 7) is 0. The number of alkyl halides is 3. The minimum atomic E-state index is -4.27. The number of benzene rings is 1. The van der Waals surface area contributed by atoms with Gasteiger partial charge in [-0.3, -0.25) is 0 Å². The molecule has 108 valence electrons. The summed E-state index contributed by atoms with van der Waals surface area (Å²) in [6, 6.07) is 5.15. The predicted octanol–water partition coefficient (Wildman–Crippen LogP) is 4.71. The van der Waals surface area contributed by atoms with Gasteiger partial charge in [0.2, 0.25) is 0 Å². The van der Waals surface area contributed by atoms with Gasteiger partial charge in [-0.05, 0) is 36.5 Å².